The largest absolute Gasteiger partial charge is 0.505 e. The SMILES string of the molecule is CCOC(=O)c1cc(O)c(Cl)nc1C. The predicted molar refractivity (Wildman–Crippen MR) is 51.6 cm³/mol. The number of carbonyl (C=O) groups excluding carboxylic acids is 1. The smallest absolute Gasteiger partial charge is 0.340 e. The Morgan fingerprint density at radius 1 is 1.71 bits per heavy atom. The Hall–Kier alpha value is -1.29. The summed E-state index contributed by atoms with van der Waals surface area (Å²) >= 11 is 5.55. The minimum Gasteiger partial charge on any atom is -0.505 e. The van der Waals surface area contributed by atoms with Gasteiger partial charge in [-0.2, -0.15) is 0 Å². The van der Waals surface area contributed by atoms with Gasteiger partial charge in [-0.1, -0.05) is 11.6 Å². The molecule has 0 amide bonds. The summed E-state index contributed by atoms with van der Waals surface area (Å²) in [5.74, 6) is -0.732. The van der Waals surface area contributed by atoms with Crippen molar-refractivity contribution in [2.24, 2.45) is 0 Å². The molecule has 0 bridgehead atoms. The van der Waals surface area contributed by atoms with Crippen LogP contribution in [0.4, 0.5) is 0 Å². The van der Waals surface area contributed by atoms with Gasteiger partial charge in [0, 0.05) is 0 Å². The van der Waals surface area contributed by atoms with Crippen LogP contribution >= 0.6 is 11.6 Å². The molecule has 0 radical (unpaired) electrons. The second-order valence-electron chi connectivity index (χ2n) is 2.65. The fraction of sp³-hybridized carbons (Fsp3) is 0.333. The number of pyridine rings is 1. The van der Waals surface area contributed by atoms with E-state index in [0.29, 0.717) is 5.69 Å². The van der Waals surface area contributed by atoms with Gasteiger partial charge in [0.25, 0.3) is 0 Å². The molecule has 0 aliphatic carbocycles. The van der Waals surface area contributed by atoms with Crippen LogP contribution in [0.5, 0.6) is 5.75 Å². The molecule has 0 unspecified atom stereocenters. The maximum Gasteiger partial charge on any atom is 0.340 e. The summed E-state index contributed by atoms with van der Waals surface area (Å²) in [6.07, 6.45) is 0. The van der Waals surface area contributed by atoms with E-state index in [4.69, 9.17) is 16.3 Å². The minimum atomic E-state index is -0.510. The van der Waals surface area contributed by atoms with Crippen LogP contribution in [0.25, 0.3) is 0 Å². The van der Waals surface area contributed by atoms with Crippen molar-refractivity contribution in [2.75, 3.05) is 6.61 Å². The lowest BCUT2D eigenvalue weighted by molar-refractivity contribution is 0.0524. The Kier molecular flexibility index (Phi) is 3.30. The van der Waals surface area contributed by atoms with Crippen molar-refractivity contribution in [1.82, 2.24) is 4.98 Å². The number of aryl methyl sites for hydroxylation is 1. The lowest BCUT2D eigenvalue weighted by atomic mass is 10.2. The molecule has 14 heavy (non-hydrogen) atoms. The first kappa shape index (κ1) is 10.8. The lowest BCUT2D eigenvalue weighted by Gasteiger charge is -2.05. The highest BCUT2D eigenvalue weighted by Gasteiger charge is 2.14. The number of halogens is 1. The third kappa shape index (κ3) is 2.14. The molecule has 0 aliphatic heterocycles. The molecule has 1 heterocycles. The highest BCUT2D eigenvalue weighted by atomic mass is 35.5. The predicted octanol–water partition coefficient (Wildman–Crippen LogP) is 1.93. The third-order valence-electron chi connectivity index (χ3n) is 1.64. The van der Waals surface area contributed by atoms with Gasteiger partial charge in [-0.3, -0.25) is 0 Å². The molecule has 0 atom stereocenters. The summed E-state index contributed by atoms with van der Waals surface area (Å²) in [5, 5.41) is 9.22. The van der Waals surface area contributed by atoms with Gasteiger partial charge in [-0.15, -0.1) is 0 Å². The summed E-state index contributed by atoms with van der Waals surface area (Å²) in [4.78, 5) is 15.1. The van der Waals surface area contributed by atoms with E-state index in [-0.39, 0.29) is 23.1 Å². The van der Waals surface area contributed by atoms with Crippen LogP contribution in [0.3, 0.4) is 0 Å². The highest BCUT2D eigenvalue weighted by Crippen LogP contribution is 2.23. The molecule has 76 valence electrons. The van der Waals surface area contributed by atoms with E-state index >= 15 is 0 Å². The number of carbonyl (C=O) groups is 1. The Labute approximate surface area is 86.5 Å². The number of hydrogen-bond donors (Lipinski definition) is 1. The van der Waals surface area contributed by atoms with E-state index < -0.39 is 5.97 Å². The number of aromatic nitrogens is 1. The molecular formula is C9H10ClNO3. The van der Waals surface area contributed by atoms with Crippen molar-refractivity contribution >= 4 is 17.6 Å². The molecule has 1 aromatic heterocycles. The normalized spacial score (nSPS) is 9.93. The molecule has 0 aromatic carbocycles. The summed E-state index contributed by atoms with van der Waals surface area (Å²) in [6.45, 7) is 3.61. The molecule has 0 aliphatic rings. The van der Waals surface area contributed by atoms with Crippen LogP contribution in [-0.2, 0) is 4.74 Å². The van der Waals surface area contributed by atoms with Gasteiger partial charge >= 0.3 is 5.97 Å². The van der Waals surface area contributed by atoms with Gasteiger partial charge in [0.15, 0.2) is 10.9 Å². The minimum absolute atomic E-state index is 0.0180. The van der Waals surface area contributed by atoms with E-state index in [1.54, 1.807) is 13.8 Å². The Balaban J connectivity index is 3.09. The number of rotatable bonds is 2. The van der Waals surface area contributed by atoms with Crippen LogP contribution in [0.2, 0.25) is 5.15 Å². The Bertz CT molecular complexity index is 365. The number of aromatic hydroxyl groups is 1. The maximum absolute atomic E-state index is 11.3. The van der Waals surface area contributed by atoms with Crippen molar-refractivity contribution in [3.05, 3.63) is 22.5 Å². The zero-order valence-corrected chi connectivity index (χ0v) is 8.63. The first-order valence-corrected chi connectivity index (χ1v) is 4.47. The summed E-state index contributed by atoms with van der Waals surface area (Å²) < 4.78 is 4.77. The second kappa shape index (κ2) is 4.28. The lowest BCUT2D eigenvalue weighted by Crippen LogP contribution is -2.07. The van der Waals surface area contributed by atoms with Crippen molar-refractivity contribution < 1.29 is 14.6 Å². The summed E-state index contributed by atoms with van der Waals surface area (Å²) in [5.41, 5.74) is 0.667. The summed E-state index contributed by atoms with van der Waals surface area (Å²) in [7, 11) is 0. The maximum atomic E-state index is 11.3. The molecule has 0 saturated heterocycles. The van der Waals surface area contributed by atoms with Gasteiger partial charge in [0.2, 0.25) is 0 Å². The van der Waals surface area contributed by atoms with Crippen LogP contribution in [0, 0.1) is 6.92 Å². The second-order valence-corrected chi connectivity index (χ2v) is 3.01. The van der Waals surface area contributed by atoms with Crippen LogP contribution in [0.1, 0.15) is 23.0 Å². The van der Waals surface area contributed by atoms with Gasteiger partial charge in [0.05, 0.1) is 17.9 Å². The molecule has 0 saturated carbocycles. The average molecular weight is 216 g/mol. The quantitative estimate of drug-likeness (QED) is 0.605. The van der Waals surface area contributed by atoms with Gasteiger partial charge in [-0.05, 0) is 19.9 Å². The van der Waals surface area contributed by atoms with Crippen molar-refractivity contribution in [3.8, 4) is 5.75 Å². The third-order valence-corrected chi connectivity index (χ3v) is 1.92. The van der Waals surface area contributed by atoms with E-state index in [2.05, 4.69) is 4.98 Å². The monoisotopic (exact) mass is 215 g/mol. The van der Waals surface area contributed by atoms with Crippen molar-refractivity contribution in [1.29, 1.82) is 0 Å². The van der Waals surface area contributed by atoms with E-state index in [9.17, 15) is 9.90 Å². The van der Waals surface area contributed by atoms with Crippen molar-refractivity contribution in [3.63, 3.8) is 0 Å². The molecular weight excluding hydrogens is 206 g/mol. The molecule has 5 heteroatoms. The highest BCUT2D eigenvalue weighted by molar-refractivity contribution is 6.30. The number of esters is 1. The number of hydrogen-bond acceptors (Lipinski definition) is 4. The van der Waals surface area contributed by atoms with Crippen LogP contribution in [0.15, 0.2) is 6.07 Å². The first-order valence-electron chi connectivity index (χ1n) is 4.09. The summed E-state index contributed by atoms with van der Waals surface area (Å²) in [6, 6.07) is 1.25. The fourth-order valence-electron chi connectivity index (χ4n) is 0.981. The first-order chi connectivity index (χ1) is 6.56. The fourth-order valence-corrected chi connectivity index (χ4v) is 1.16. The standard InChI is InChI=1S/C9H10ClNO3/c1-3-14-9(13)6-4-7(12)8(10)11-5(6)2/h4,12H,3H2,1-2H3. The molecule has 4 nitrogen and oxygen atoms in total. The zero-order chi connectivity index (χ0) is 10.7. The average Bonchev–Trinajstić information content (AvgIpc) is 2.11. The van der Waals surface area contributed by atoms with E-state index in [0.717, 1.165) is 0 Å². The van der Waals surface area contributed by atoms with E-state index in [1.165, 1.54) is 6.07 Å². The number of nitrogens with zero attached hydrogens (tertiary/aromatic N) is 1. The zero-order valence-electron chi connectivity index (χ0n) is 7.87. The Morgan fingerprint density at radius 2 is 2.36 bits per heavy atom. The van der Waals surface area contributed by atoms with Crippen molar-refractivity contribution in [2.45, 2.75) is 13.8 Å². The van der Waals surface area contributed by atoms with Crippen LogP contribution < -0.4 is 0 Å². The van der Waals surface area contributed by atoms with Gasteiger partial charge in [-0.25, -0.2) is 9.78 Å². The topological polar surface area (TPSA) is 59.4 Å². The molecule has 0 fully saturated rings. The number of ether oxygens (including phenoxy) is 1. The molecule has 1 N–H and O–H groups in total. The molecule has 1 rings (SSSR count). The Morgan fingerprint density at radius 3 is 2.93 bits per heavy atom. The van der Waals surface area contributed by atoms with Gasteiger partial charge < -0.3 is 9.84 Å². The van der Waals surface area contributed by atoms with Crippen LogP contribution in [-0.4, -0.2) is 22.7 Å². The molecule has 0 spiro atoms. The van der Waals surface area contributed by atoms with E-state index in [1.807, 2.05) is 0 Å². The molecule has 1 aromatic rings. The van der Waals surface area contributed by atoms with Gasteiger partial charge in [0.1, 0.15) is 0 Å².